The van der Waals surface area contributed by atoms with Gasteiger partial charge in [-0.1, -0.05) is 122 Å². The molecule has 0 fully saturated rings. The number of ether oxygens (including phenoxy) is 1. The first kappa shape index (κ1) is 36.4. The third-order valence-electron chi connectivity index (χ3n) is 10.3. The highest BCUT2D eigenvalue weighted by Gasteiger charge is 2.31. The molecule has 0 unspecified atom stereocenters. The quantitative estimate of drug-likeness (QED) is 0.147. The largest absolute Gasteiger partial charge is 0.453 e. The summed E-state index contributed by atoms with van der Waals surface area (Å²) in [6.07, 6.45) is 8.11. The van der Waals surface area contributed by atoms with E-state index in [0.29, 0.717) is 11.5 Å². The molecule has 1 aliphatic rings. The molecule has 0 atom stereocenters. The Morgan fingerprint density at radius 1 is 0.685 bits per heavy atom. The average molecular weight is 710 g/mol. The van der Waals surface area contributed by atoms with Crippen molar-refractivity contribution in [2.45, 2.75) is 52.7 Å². The standard InChI is InChI=1S/C50H47NO3/c1-9-38(25-20-32(3)34-16-12-11-13-17-34)51-43-30-36(47-39(10-2)33(4)21-26-41(47)49(5,6)52)23-28-45(43)54-46-29-24-37(31-44(46)51)48-40-19-15-14-18-35(40)22-27-42(48)50(7,8)53/h9-31,52-53H,2-3H2,1,4-8H3/b25-20-,38-9+. The fourth-order valence-corrected chi connectivity index (χ4v) is 7.53. The monoisotopic (exact) mass is 709 g/mol. The zero-order valence-electron chi connectivity index (χ0n) is 31.9. The van der Waals surface area contributed by atoms with Crippen molar-refractivity contribution in [1.29, 1.82) is 0 Å². The summed E-state index contributed by atoms with van der Waals surface area (Å²) in [5, 5.41) is 25.0. The molecule has 0 aromatic heterocycles. The Hall–Kier alpha value is -5.94. The van der Waals surface area contributed by atoms with Gasteiger partial charge in [-0.15, -0.1) is 0 Å². The molecule has 4 heteroatoms. The number of anilines is 2. The van der Waals surface area contributed by atoms with E-state index in [1.807, 2.05) is 107 Å². The molecule has 2 N–H and O–H groups in total. The summed E-state index contributed by atoms with van der Waals surface area (Å²) >= 11 is 0. The second kappa shape index (κ2) is 14.1. The Balaban J connectivity index is 1.47. The van der Waals surface area contributed by atoms with Crippen molar-refractivity contribution in [2.75, 3.05) is 4.90 Å². The predicted molar refractivity (Wildman–Crippen MR) is 227 cm³/mol. The smallest absolute Gasteiger partial charge is 0.151 e. The van der Waals surface area contributed by atoms with Crippen LogP contribution >= 0.6 is 0 Å². The molecule has 0 saturated heterocycles. The van der Waals surface area contributed by atoms with Gasteiger partial charge in [0.1, 0.15) is 0 Å². The van der Waals surface area contributed by atoms with Crippen molar-refractivity contribution in [3.63, 3.8) is 0 Å². The molecule has 6 aromatic carbocycles. The van der Waals surface area contributed by atoms with Crippen molar-refractivity contribution in [1.82, 2.24) is 0 Å². The molecule has 4 nitrogen and oxygen atoms in total. The Labute approximate surface area is 319 Å². The van der Waals surface area contributed by atoms with Gasteiger partial charge in [0.15, 0.2) is 11.5 Å². The first-order chi connectivity index (χ1) is 25.8. The highest BCUT2D eigenvalue weighted by atomic mass is 16.5. The number of allylic oxidation sites excluding steroid dienone is 4. The number of hydrogen-bond acceptors (Lipinski definition) is 4. The fraction of sp³-hybridized carbons (Fsp3) is 0.160. The van der Waals surface area contributed by atoms with Crippen molar-refractivity contribution < 1.29 is 14.9 Å². The van der Waals surface area contributed by atoms with Crippen LogP contribution in [0.4, 0.5) is 11.4 Å². The summed E-state index contributed by atoms with van der Waals surface area (Å²) in [6.45, 7) is 19.9. The van der Waals surface area contributed by atoms with Gasteiger partial charge in [-0.3, -0.25) is 0 Å². The maximum atomic E-state index is 11.4. The van der Waals surface area contributed by atoms with E-state index in [1.54, 1.807) is 0 Å². The lowest BCUT2D eigenvalue weighted by Crippen LogP contribution is -2.21. The van der Waals surface area contributed by atoms with Gasteiger partial charge >= 0.3 is 0 Å². The Kier molecular flexibility index (Phi) is 9.53. The van der Waals surface area contributed by atoms with Crippen LogP contribution in [-0.4, -0.2) is 10.2 Å². The molecule has 6 aromatic rings. The lowest BCUT2D eigenvalue weighted by Gasteiger charge is -2.35. The maximum Gasteiger partial charge on any atom is 0.151 e. The van der Waals surface area contributed by atoms with Crippen LogP contribution in [0.15, 0.2) is 152 Å². The van der Waals surface area contributed by atoms with Gasteiger partial charge in [0.25, 0.3) is 0 Å². The normalized spacial score (nSPS) is 13.1. The fourth-order valence-electron chi connectivity index (χ4n) is 7.53. The summed E-state index contributed by atoms with van der Waals surface area (Å²) in [6, 6.07) is 39.1. The van der Waals surface area contributed by atoms with E-state index in [0.717, 1.165) is 83.5 Å². The molecular weight excluding hydrogens is 663 g/mol. The number of hydrogen-bond donors (Lipinski definition) is 2. The number of rotatable bonds is 9. The van der Waals surface area contributed by atoms with E-state index >= 15 is 0 Å². The van der Waals surface area contributed by atoms with Crippen molar-refractivity contribution in [3.05, 3.63) is 180 Å². The van der Waals surface area contributed by atoms with Gasteiger partial charge in [-0.2, -0.15) is 0 Å². The van der Waals surface area contributed by atoms with Gasteiger partial charge in [0.05, 0.1) is 22.6 Å². The zero-order valence-corrected chi connectivity index (χ0v) is 31.9. The van der Waals surface area contributed by atoms with Gasteiger partial charge < -0.3 is 19.8 Å². The maximum absolute atomic E-state index is 11.4. The van der Waals surface area contributed by atoms with Crippen LogP contribution in [0, 0.1) is 6.92 Å². The van der Waals surface area contributed by atoms with Crippen LogP contribution in [-0.2, 0) is 11.2 Å². The van der Waals surface area contributed by atoms with Gasteiger partial charge in [0, 0.05) is 5.70 Å². The minimum atomic E-state index is -1.10. The topological polar surface area (TPSA) is 52.9 Å². The minimum absolute atomic E-state index is 0.702. The number of fused-ring (bicyclic) bond motifs is 3. The number of nitrogens with zero attached hydrogens (tertiary/aromatic N) is 1. The number of aryl methyl sites for hydroxylation is 1. The number of aliphatic hydroxyl groups is 2. The Morgan fingerprint density at radius 2 is 1.26 bits per heavy atom. The van der Waals surface area contributed by atoms with Gasteiger partial charge in [-0.25, -0.2) is 0 Å². The molecule has 7 rings (SSSR count). The summed E-state index contributed by atoms with van der Waals surface area (Å²) in [7, 11) is 0. The van der Waals surface area contributed by atoms with Crippen molar-refractivity contribution in [3.8, 4) is 33.8 Å². The summed E-state index contributed by atoms with van der Waals surface area (Å²) in [5.74, 6) is 1.41. The zero-order chi connectivity index (χ0) is 38.4. The Morgan fingerprint density at radius 3 is 1.87 bits per heavy atom. The molecule has 0 saturated carbocycles. The van der Waals surface area contributed by atoms with Crippen LogP contribution in [0.5, 0.6) is 11.5 Å². The third kappa shape index (κ3) is 6.71. The van der Waals surface area contributed by atoms with E-state index in [1.165, 1.54) is 0 Å². The van der Waals surface area contributed by atoms with Crippen molar-refractivity contribution >= 4 is 33.8 Å². The molecule has 0 amide bonds. The first-order valence-electron chi connectivity index (χ1n) is 18.4. The SMILES string of the molecule is C=Cc1c(C)ccc(C(C)(C)O)c1-c1ccc2c(c1)N(C(/C=C\C(=C)c1ccccc1)=C/C)c1cc(-c3c(C(C)(C)O)ccc4ccccc34)ccc1O2. The highest BCUT2D eigenvalue weighted by Crippen LogP contribution is 2.52. The van der Waals surface area contributed by atoms with Crippen LogP contribution in [0.2, 0.25) is 0 Å². The first-order valence-corrected chi connectivity index (χ1v) is 18.4. The molecule has 1 heterocycles. The minimum Gasteiger partial charge on any atom is -0.453 e. The van der Waals surface area contributed by atoms with Crippen LogP contribution in [0.1, 0.15) is 62.4 Å². The highest BCUT2D eigenvalue weighted by molar-refractivity contribution is 6.00. The van der Waals surface area contributed by atoms with Crippen LogP contribution in [0.25, 0.3) is 44.7 Å². The molecule has 54 heavy (non-hydrogen) atoms. The van der Waals surface area contributed by atoms with Gasteiger partial charge in [0.2, 0.25) is 0 Å². The molecular formula is C50H47NO3. The third-order valence-corrected chi connectivity index (χ3v) is 10.3. The summed E-state index contributed by atoms with van der Waals surface area (Å²) < 4.78 is 6.71. The van der Waals surface area contributed by atoms with Crippen LogP contribution < -0.4 is 9.64 Å². The van der Waals surface area contributed by atoms with Gasteiger partial charge in [-0.05, 0) is 138 Å². The Bertz CT molecular complexity index is 2490. The second-order valence-electron chi connectivity index (χ2n) is 15.0. The molecule has 0 bridgehead atoms. The van der Waals surface area contributed by atoms with Crippen molar-refractivity contribution in [2.24, 2.45) is 0 Å². The molecule has 0 spiro atoms. The van der Waals surface area contributed by atoms with E-state index in [4.69, 9.17) is 4.74 Å². The summed E-state index contributed by atoms with van der Waals surface area (Å²) in [4.78, 5) is 2.23. The lowest BCUT2D eigenvalue weighted by atomic mass is 9.84. The molecule has 0 aliphatic carbocycles. The number of benzene rings is 6. The molecule has 270 valence electrons. The van der Waals surface area contributed by atoms with Crippen LogP contribution in [0.3, 0.4) is 0 Å². The van der Waals surface area contributed by atoms with E-state index in [-0.39, 0.29) is 0 Å². The van der Waals surface area contributed by atoms with E-state index in [2.05, 4.69) is 91.7 Å². The molecule has 0 radical (unpaired) electrons. The summed E-state index contributed by atoms with van der Waals surface area (Å²) in [5.41, 5.74) is 9.87. The van der Waals surface area contributed by atoms with E-state index in [9.17, 15) is 10.2 Å². The average Bonchev–Trinajstić information content (AvgIpc) is 3.16. The lowest BCUT2D eigenvalue weighted by molar-refractivity contribution is 0.0787. The predicted octanol–water partition coefficient (Wildman–Crippen LogP) is 13.0. The van der Waals surface area contributed by atoms with E-state index < -0.39 is 11.2 Å². The second-order valence-corrected chi connectivity index (χ2v) is 15.0. The molecule has 1 aliphatic heterocycles.